The summed E-state index contributed by atoms with van der Waals surface area (Å²) in [6.45, 7) is 0. The third kappa shape index (κ3) is 1.96. The Kier molecular flexibility index (Phi) is 3.18. The van der Waals surface area contributed by atoms with Crippen LogP contribution in [0.2, 0.25) is 0 Å². The number of carbonyl (C=O) groups excluding carboxylic acids is 2. The Bertz CT molecular complexity index is 833. The highest BCUT2D eigenvalue weighted by molar-refractivity contribution is 9.11. The minimum absolute atomic E-state index is 0.0948. The Balaban J connectivity index is 1.44. The van der Waals surface area contributed by atoms with Crippen LogP contribution >= 0.6 is 31.9 Å². The highest BCUT2D eigenvalue weighted by Gasteiger charge is 2.73. The molecule has 1 N–H and O–H groups in total. The van der Waals surface area contributed by atoms with E-state index < -0.39 is 0 Å². The predicted molar refractivity (Wildman–Crippen MR) is 97.7 cm³/mol. The van der Waals surface area contributed by atoms with Gasteiger partial charge in [0.1, 0.15) is 5.75 Å². The molecule has 4 aliphatic rings. The maximum Gasteiger partial charge on any atom is 0.254 e. The van der Waals surface area contributed by atoms with Gasteiger partial charge in [-0.25, -0.2) is 0 Å². The number of allylic oxidation sites excluding steroid dienone is 2. The Morgan fingerprint density at radius 3 is 2.08 bits per heavy atom. The normalized spacial score (nSPS) is 33.9. The number of aromatic hydroxyl groups is 1. The molecule has 2 bridgehead atoms. The average Bonchev–Trinajstić information content (AvgIpc) is 3.18. The topological polar surface area (TPSA) is 70.0 Å². The summed E-state index contributed by atoms with van der Waals surface area (Å²) in [4.78, 5) is 25.6. The molecule has 2 amide bonds. The fourth-order valence-corrected chi connectivity index (χ4v) is 6.18. The lowest BCUT2D eigenvalue weighted by Gasteiger charge is -2.18. The fourth-order valence-electron chi connectivity index (χ4n) is 4.96. The van der Waals surface area contributed by atoms with Gasteiger partial charge in [0.15, 0.2) is 0 Å². The van der Waals surface area contributed by atoms with E-state index in [-0.39, 0.29) is 46.7 Å². The molecule has 5 nitrogen and oxygen atoms in total. The molecule has 0 aromatic heterocycles. The smallest absolute Gasteiger partial charge is 0.254 e. The highest BCUT2D eigenvalue weighted by atomic mass is 79.9. The van der Waals surface area contributed by atoms with E-state index >= 15 is 0 Å². The number of hydrogen-bond acceptors (Lipinski definition) is 4. The van der Waals surface area contributed by atoms with Crippen molar-refractivity contribution in [2.45, 2.75) is 12.8 Å². The van der Waals surface area contributed by atoms with Gasteiger partial charge < -0.3 is 5.11 Å². The first kappa shape index (κ1) is 15.8. The first-order valence-corrected chi connectivity index (χ1v) is 9.81. The predicted octanol–water partition coefficient (Wildman–Crippen LogP) is 3.45. The van der Waals surface area contributed by atoms with Crippen LogP contribution < -0.4 is 0 Å². The van der Waals surface area contributed by atoms with E-state index in [1.165, 1.54) is 6.21 Å². The summed E-state index contributed by atoms with van der Waals surface area (Å²) in [6.07, 6.45) is 8.02. The van der Waals surface area contributed by atoms with E-state index in [0.29, 0.717) is 14.5 Å². The molecule has 1 saturated heterocycles. The summed E-state index contributed by atoms with van der Waals surface area (Å²) < 4.78 is 1.02. The van der Waals surface area contributed by atoms with E-state index in [0.717, 1.165) is 17.9 Å². The average molecular weight is 466 g/mol. The highest BCUT2D eigenvalue weighted by Crippen LogP contribution is 2.73. The van der Waals surface area contributed by atoms with Crippen molar-refractivity contribution in [3.63, 3.8) is 0 Å². The van der Waals surface area contributed by atoms with E-state index in [1.54, 1.807) is 12.1 Å². The van der Waals surface area contributed by atoms with Crippen molar-refractivity contribution in [2.24, 2.45) is 34.2 Å². The Hall–Kier alpha value is -1.47. The number of phenolic OH excluding ortho intramolecular Hbond substituents is 1. The first-order valence-electron chi connectivity index (χ1n) is 8.22. The maximum absolute atomic E-state index is 12.8. The number of hydrazone groups is 1. The zero-order valence-electron chi connectivity index (χ0n) is 13.0. The number of nitrogens with zero attached hydrogens (tertiary/aromatic N) is 2. The summed E-state index contributed by atoms with van der Waals surface area (Å²) >= 11 is 6.52. The molecule has 1 aromatic carbocycles. The van der Waals surface area contributed by atoms with Crippen LogP contribution in [0.1, 0.15) is 18.4 Å². The second-order valence-corrected chi connectivity index (χ2v) is 9.00. The lowest BCUT2D eigenvalue weighted by atomic mass is 9.85. The molecule has 1 aliphatic heterocycles. The van der Waals surface area contributed by atoms with E-state index in [4.69, 9.17) is 0 Å². The zero-order chi connectivity index (χ0) is 17.5. The van der Waals surface area contributed by atoms with E-state index in [2.05, 4.69) is 49.1 Å². The lowest BCUT2D eigenvalue weighted by Crippen LogP contribution is -2.30. The molecule has 25 heavy (non-hydrogen) atoms. The molecule has 4 unspecified atom stereocenters. The van der Waals surface area contributed by atoms with Gasteiger partial charge in [-0.3, -0.25) is 9.59 Å². The number of phenols is 1. The molecule has 128 valence electrons. The van der Waals surface area contributed by atoms with Gasteiger partial charge in [0.2, 0.25) is 0 Å². The van der Waals surface area contributed by atoms with Crippen LogP contribution in [0.3, 0.4) is 0 Å². The number of halogens is 2. The SMILES string of the molecule is O=C1C2C(C(=O)N1N=Cc1cc(Br)c(O)c(Br)c1)C1C=CC2C12CC2. The number of fused-ring (bicyclic) bond motifs is 3. The fraction of sp³-hybridized carbons (Fsp3) is 0.389. The quantitative estimate of drug-likeness (QED) is 0.413. The molecule has 7 heteroatoms. The van der Waals surface area contributed by atoms with Crippen LogP contribution in [0.15, 0.2) is 38.3 Å². The monoisotopic (exact) mass is 464 g/mol. The Labute approximate surface area is 161 Å². The lowest BCUT2D eigenvalue weighted by molar-refractivity contribution is -0.141. The van der Waals surface area contributed by atoms with Gasteiger partial charge in [0, 0.05) is 0 Å². The summed E-state index contributed by atoms with van der Waals surface area (Å²) in [5.74, 6) is -0.317. The molecule has 3 aliphatic carbocycles. The summed E-state index contributed by atoms with van der Waals surface area (Å²) in [7, 11) is 0. The van der Waals surface area contributed by atoms with Crippen molar-refractivity contribution in [3.05, 3.63) is 38.8 Å². The van der Waals surface area contributed by atoms with Crippen molar-refractivity contribution in [1.29, 1.82) is 0 Å². The second-order valence-electron chi connectivity index (χ2n) is 7.29. The molecule has 4 atom stereocenters. The van der Waals surface area contributed by atoms with Gasteiger partial charge in [-0.15, -0.1) is 0 Å². The minimum Gasteiger partial charge on any atom is -0.506 e. The molecule has 5 rings (SSSR count). The van der Waals surface area contributed by atoms with Crippen molar-refractivity contribution in [2.75, 3.05) is 0 Å². The van der Waals surface area contributed by atoms with Crippen molar-refractivity contribution < 1.29 is 14.7 Å². The number of benzene rings is 1. The zero-order valence-corrected chi connectivity index (χ0v) is 16.2. The van der Waals surface area contributed by atoms with Gasteiger partial charge >= 0.3 is 0 Å². The van der Waals surface area contributed by atoms with Crippen molar-refractivity contribution in [1.82, 2.24) is 5.01 Å². The molecule has 3 fully saturated rings. The summed E-state index contributed by atoms with van der Waals surface area (Å²) in [5.41, 5.74) is 0.873. The molecular weight excluding hydrogens is 452 g/mol. The first-order chi connectivity index (χ1) is 11.9. The number of imide groups is 1. The largest absolute Gasteiger partial charge is 0.506 e. The van der Waals surface area contributed by atoms with Crippen LogP contribution in [-0.4, -0.2) is 28.1 Å². The number of amides is 2. The molecular formula is C18H14Br2N2O3. The van der Waals surface area contributed by atoms with Gasteiger partial charge in [-0.05, 0) is 79.6 Å². The van der Waals surface area contributed by atoms with Crippen LogP contribution in [0.5, 0.6) is 5.75 Å². The number of carbonyl (C=O) groups is 2. The Morgan fingerprint density at radius 2 is 1.60 bits per heavy atom. The Morgan fingerprint density at radius 1 is 1.08 bits per heavy atom. The summed E-state index contributed by atoms with van der Waals surface area (Å²) in [5, 5.41) is 15.0. The van der Waals surface area contributed by atoms with E-state index in [1.807, 2.05) is 0 Å². The van der Waals surface area contributed by atoms with Crippen LogP contribution in [0.25, 0.3) is 0 Å². The third-order valence-electron chi connectivity index (χ3n) is 6.19. The van der Waals surface area contributed by atoms with Gasteiger partial charge in [0.25, 0.3) is 11.8 Å². The third-order valence-corrected chi connectivity index (χ3v) is 7.40. The summed E-state index contributed by atoms with van der Waals surface area (Å²) in [6, 6.07) is 3.36. The molecule has 2 saturated carbocycles. The number of rotatable bonds is 2. The van der Waals surface area contributed by atoms with Crippen LogP contribution in [0.4, 0.5) is 0 Å². The minimum atomic E-state index is -0.236. The molecule has 1 spiro atoms. The van der Waals surface area contributed by atoms with Crippen LogP contribution in [0, 0.1) is 29.1 Å². The second kappa shape index (κ2) is 5.04. The molecule has 1 aromatic rings. The standard InChI is InChI=1S/C18H14Br2N2O3/c19-11-5-8(6-12(20)15(11)23)7-21-22-16(24)13-9-1-2-10(14(13)17(22)25)18(9)3-4-18/h1-2,5-7,9-10,13-14,23H,3-4H2. The molecule has 0 radical (unpaired) electrons. The van der Waals surface area contributed by atoms with Crippen molar-refractivity contribution >= 4 is 49.9 Å². The van der Waals surface area contributed by atoms with Gasteiger partial charge in [-0.2, -0.15) is 10.1 Å². The van der Waals surface area contributed by atoms with Gasteiger partial charge in [-0.1, -0.05) is 12.2 Å². The van der Waals surface area contributed by atoms with E-state index in [9.17, 15) is 14.7 Å². The van der Waals surface area contributed by atoms with Gasteiger partial charge in [0.05, 0.1) is 27.0 Å². The van der Waals surface area contributed by atoms with Crippen LogP contribution in [-0.2, 0) is 9.59 Å². The molecule has 1 heterocycles. The maximum atomic E-state index is 12.8. The van der Waals surface area contributed by atoms with Crippen molar-refractivity contribution in [3.8, 4) is 5.75 Å². The number of hydrogen-bond donors (Lipinski definition) is 1.